The monoisotopic (exact) mass is 323 g/mol. The fourth-order valence-corrected chi connectivity index (χ4v) is 3.25. The Labute approximate surface area is 144 Å². The van der Waals surface area contributed by atoms with Gasteiger partial charge in [-0.2, -0.15) is 0 Å². The highest BCUT2D eigenvalue weighted by atomic mass is 16.2. The van der Waals surface area contributed by atoms with Gasteiger partial charge in [-0.1, -0.05) is 12.1 Å². The molecule has 1 aromatic carbocycles. The normalized spacial score (nSPS) is 13.7. The van der Waals surface area contributed by atoms with Gasteiger partial charge in [-0.15, -0.1) is 0 Å². The largest absolute Gasteiger partial charge is 0.334 e. The van der Waals surface area contributed by atoms with Crippen LogP contribution in [-0.2, 0) is 13.1 Å². The average Bonchev–Trinajstić information content (AvgIpc) is 2.85. The van der Waals surface area contributed by atoms with Gasteiger partial charge in [0.2, 0.25) is 0 Å². The van der Waals surface area contributed by atoms with Crippen molar-refractivity contribution in [3.05, 3.63) is 64.5 Å². The molecule has 0 unspecified atom stereocenters. The summed E-state index contributed by atoms with van der Waals surface area (Å²) < 4.78 is 0. The lowest BCUT2D eigenvalue weighted by molar-refractivity contribution is 0.0772. The van der Waals surface area contributed by atoms with Gasteiger partial charge in [-0.3, -0.25) is 9.78 Å². The molecule has 0 N–H and O–H groups in total. The minimum atomic E-state index is 0.183. The zero-order valence-electron chi connectivity index (χ0n) is 14.7. The number of carbonyl (C=O) groups is 1. The molecule has 1 aliphatic rings. The van der Waals surface area contributed by atoms with Crippen molar-refractivity contribution in [3.63, 3.8) is 0 Å². The second kappa shape index (κ2) is 7.14. The van der Waals surface area contributed by atoms with Crippen molar-refractivity contribution in [2.45, 2.75) is 33.4 Å². The van der Waals surface area contributed by atoms with Gasteiger partial charge in [0.05, 0.1) is 0 Å². The standard InChI is InChI=1S/C20H25N3O/c1-15-10-18-14-23(20(24)19(18)11-16(15)2)9-5-8-22(3)13-17-6-4-7-21-12-17/h4,6-7,10-12H,5,8-9,13-14H2,1-3H3. The van der Waals surface area contributed by atoms with Gasteiger partial charge < -0.3 is 9.80 Å². The number of amides is 1. The molecule has 0 fully saturated rings. The van der Waals surface area contributed by atoms with E-state index >= 15 is 0 Å². The van der Waals surface area contributed by atoms with Gasteiger partial charge in [-0.25, -0.2) is 0 Å². The molecule has 0 aliphatic carbocycles. The van der Waals surface area contributed by atoms with Crippen molar-refractivity contribution in [2.75, 3.05) is 20.1 Å². The fraction of sp³-hybridized carbons (Fsp3) is 0.400. The molecule has 2 heterocycles. The van der Waals surface area contributed by atoms with E-state index in [1.165, 1.54) is 22.3 Å². The predicted molar refractivity (Wildman–Crippen MR) is 95.8 cm³/mol. The van der Waals surface area contributed by atoms with Gasteiger partial charge in [0.25, 0.3) is 5.91 Å². The van der Waals surface area contributed by atoms with Crippen LogP contribution >= 0.6 is 0 Å². The molecule has 4 heteroatoms. The number of aryl methyl sites for hydroxylation is 2. The van der Waals surface area contributed by atoms with Crippen molar-refractivity contribution < 1.29 is 4.79 Å². The minimum absolute atomic E-state index is 0.183. The first-order valence-corrected chi connectivity index (χ1v) is 8.51. The predicted octanol–water partition coefficient (Wildman–Crippen LogP) is 3.18. The number of rotatable bonds is 6. The van der Waals surface area contributed by atoms with Crippen LogP contribution in [0.5, 0.6) is 0 Å². The minimum Gasteiger partial charge on any atom is -0.334 e. The fourth-order valence-electron chi connectivity index (χ4n) is 3.25. The molecule has 0 bridgehead atoms. The summed E-state index contributed by atoms with van der Waals surface area (Å²) in [6.45, 7) is 7.59. The topological polar surface area (TPSA) is 36.4 Å². The number of hydrogen-bond donors (Lipinski definition) is 0. The summed E-state index contributed by atoms with van der Waals surface area (Å²) >= 11 is 0. The lowest BCUT2D eigenvalue weighted by Crippen LogP contribution is -2.28. The third-order valence-corrected chi connectivity index (χ3v) is 4.74. The van der Waals surface area contributed by atoms with E-state index in [9.17, 15) is 4.79 Å². The maximum atomic E-state index is 12.5. The first-order chi connectivity index (χ1) is 11.5. The zero-order valence-corrected chi connectivity index (χ0v) is 14.7. The number of aromatic nitrogens is 1. The van der Waals surface area contributed by atoms with Crippen LogP contribution in [-0.4, -0.2) is 40.8 Å². The number of nitrogens with zero attached hydrogens (tertiary/aromatic N) is 3. The number of carbonyl (C=O) groups excluding carboxylic acids is 1. The van der Waals surface area contributed by atoms with Crippen LogP contribution in [0.25, 0.3) is 0 Å². The van der Waals surface area contributed by atoms with Gasteiger partial charge >= 0.3 is 0 Å². The number of benzene rings is 1. The van der Waals surface area contributed by atoms with Gasteiger partial charge in [0.15, 0.2) is 0 Å². The van der Waals surface area contributed by atoms with Crippen LogP contribution in [0, 0.1) is 13.8 Å². The lowest BCUT2D eigenvalue weighted by atomic mass is 10.0. The number of pyridine rings is 1. The molecule has 2 aromatic rings. The lowest BCUT2D eigenvalue weighted by Gasteiger charge is -2.20. The molecule has 0 spiro atoms. The SMILES string of the molecule is Cc1cc2c(cc1C)C(=O)N(CCCN(C)Cc1cccnc1)C2. The van der Waals surface area contributed by atoms with E-state index in [4.69, 9.17) is 0 Å². The third kappa shape index (κ3) is 3.65. The summed E-state index contributed by atoms with van der Waals surface area (Å²) in [4.78, 5) is 20.9. The van der Waals surface area contributed by atoms with Crippen LogP contribution < -0.4 is 0 Å². The van der Waals surface area contributed by atoms with Crippen LogP contribution in [0.1, 0.15) is 39.0 Å². The summed E-state index contributed by atoms with van der Waals surface area (Å²) in [5.74, 6) is 0.183. The first kappa shape index (κ1) is 16.7. The molecule has 0 saturated carbocycles. The van der Waals surface area contributed by atoms with E-state index in [2.05, 4.69) is 42.9 Å². The first-order valence-electron chi connectivity index (χ1n) is 8.51. The average molecular weight is 323 g/mol. The highest BCUT2D eigenvalue weighted by molar-refractivity contribution is 5.98. The molecule has 1 aromatic heterocycles. The quantitative estimate of drug-likeness (QED) is 0.819. The summed E-state index contributed by atoms with van der Waals surface area (Å²) in [7, 11) is 2.11. The Morgan fingerprint density at radius 3 is 2.79 bits per heavy atom. The van der Waals surface area contributed by atoms with Crippen LogP contribution in [0.2, 0.25) is 0 Å². The van der Waals surface area contributed by atoms with Crippen molar-refractivity contribution in [3.8, 4) is 0 Å². The zero-order chi connectivity index (χ0) is 17.1. The Hall–Kier alpha value is -2.20. The van der Waals surface area contributed by atoms with Crippen molar-refractivity contribution >= 4 is 5.91 Å². The van der Waals surface area contributed by atoms with Gasteiger partial charge in [0, 0.05) is 37.6 Å². The number of hydrogen-bond acceptors (Lipinski definition) is 3. The summed E-state index contributed by atoms with van der Waals surface area (Å²) in [6, 6.07) is 8.26. The third-order valence-electron chi connectivity index (χ3n) is 4.74. The van der Waals surface area contributed by atoms with E-state index in [1.807, 2.05) is 23.2 Å². The molecular formula is C20H25N3O. The van der Waals surface area contributed by atoms with E-state index < -0.39 is 0 Å². The number of fused-ring (bicyclic) bond motifs is 1. The van der Waals surface area contributed by atoms with Crippen molar-refractivity contribution in [1.29, 1.82) is 0 Å². The molecule has 4 nitrogen and oxygen atoms in total. The maximum Gasteiger partial charge on any atom is 0.254 e. The second-order valence-electron chi connectivity index (χ2n) is 6.77. The van der Waals surface area contributed by atoms with E-state index in [-0.39, 0.29) is 5.91 Å². The van der Waals surface area contributed by atoms with E-state index in [1.54, 1.807) is 6.20 Å². The summed E-state index contributed by atoms with van der Waals surface area (Å²) in [6.07, 6.45) is 4.68. The molecule has 0 atom stereocenters. The Morgan fingerprint density at radius 1 is 1.25 bits per heavy atom. The van der Waals surface area contributed by atoms with Crippen LogP contribution in [0.3, 0.4) is 0 Å². The summed E-state index contributed by atoms with van der Waals surface area (Å²) in [5.41, 5.74) is 5.74. The van der Waals surface area contributed by atoms with Gasteiger partial charge in [-0.05, 0) is 68.2 Å². The van der Waals surface area contributed by atoms with Crippen molar-refractivity contribution in [2.24, 2.45) is 0 Å². The molecule has 0 saturated heterocycles. The van der Waals surface area contributed by atoms with Crippen LogP contribution in [0.4, 0.5) is 0 Å². The van der Waals surface area contributed by atoms with Gasteiger partial charge in [0.1, 0.15) is 0 Å². The molecule has 126 valence electrons. The Morgan fingerprint density at radius 2 is 2.04 bits per heavy atom. The molecular weight excluding hydrogens is 298 g/mol. The second-order valence-corrected chi connectivity index (χ2v) is 6.77. The molecule has 1 aliphatic heterocycles. The Balaban J connectivity index is 1.50. The van der Waals surface area contributed by atoms with E-state index in [0.29, 0.717) is 0 Å². The summed E-state index contributed by atoms with van der Waals surface area (Å²) in [5, 5.41) is 0. The molecule has 24 heavy (non-hydrogen) atoms. The maximum absolute atomic E-state index is 12.5. The van der Waals surface area contributed by atoms with Crippen molar-refractivity contribution in [1.82, 2.24) is 14.8 Å². The Kier molecular flexibility index (Phi) is 4.95. The molecule has 0 radical (unpaired) electrons. The highest BCUT2D eigenvalue weighted by Crippen LogP contribution is 2.25. The van der Waals surface area contributed by atoms with E-state index in [0.717, 1.165) is 38.2 Å². The Bertz CT molecular complexity index is 727. The molecule has 1 amide bonds. The van der Waals surface area contributed by atoms with Crippen LogP contribution in [0.15, 0.2) is 36.7 Å². The molecule has 3 rings (SSSR count). The highest BCUT2D eigenvalue weighted by Gasteiger charge is 2.27. The smallest absolute Gasteiger partial charge is 0.254 e.